The molecule has 0 aliphatic carbocycles. The number of carbonyl (C=O) groups excluding carboxylic acids is 1. The van der Waals surface area contributed by atoms with Gasteiger partial charge >= 0.3 is 0 Å². The van der Waals surface area contributed by atoms with Gasteiger partial charge in [-0.2, -0.15) is 5.26 Å². The molecular weight excluding hydrogens is 354 g/mol. The predicted octanol–water partition coefficient (Wildman–Crippen LogP) is 4.52. The molecule has 0 atom stereocenters. The molecule has 0 aliphatic heterocycles. The molecule has 0 spiro atoms. The summed E-state index contributed by atoms with van der Waals surface area (Å²) in [5.74, 6) is -0.439. The number of hydrogen-bond acceptors (Lipinski definition) is 3. The van der Waals surface area contributed by atoms with Crippen LogP contribution in [0.1, 0.15) is 11.1 Å². The summed E-state index contributed by atoms with van der Waals surface area (Å²) in [5.41, 5.74) is 3.58. The third-order valence-electron chi connectivity index (χ3n) is 3.45. The van der Waals surface area contributed by atoms with Crippen LogP contribution in [-0.2, 0) is 4.79 Å². The van der Waals surface area contributed by atoms with E-state index < -0.39 is 5.91 Å². The number of halogens is 1. The van der Waals surface area contributed by atoms with Crippen molar-refractivity contribution in [3.8, 4) is 6.07 Å². The summed E-state index contributed by atoms with van der Waals surface area (Å²) in [4.78, 5) is 12.2. The summed E-state index contributed by atoms with van der Waals surface area (Å²) in [5, 5.41) is 14.9. The average Bonchev–Trinajstić information content (AvgIpc) is 2.54. The van der Waals surface area contributed by atoms with E-state index in [1.165, 1.54) is 6.20 Å². The molecule has 2 rings (SSSR count). The second-order valence-electron chi connectivity index (χ2n) is 5.02. The van der Waals surface area contributed by atoms with E-state index in [0.29, 0.717) is 5.69 Å². The number of carbonyl (C=O) groups is 1. The molecule has 0 radical (unpaired) electrons. The monoisotopic (exact) mass is 369 g/mol. The molecular formula is C18H16BrN3O. The minimum Gasteiger partial charge on any atom is -0.360 e. The molecule has 0 aromatic heterocycles. The van der Waals surface area contributed by atoms with Gasteiger partial charge in [0.15, 0.2) is 0 Å². The first-order chi connectivity index (χ1) is 11.0. The number of benzene rings is 2. The molecule has 0 heterocycles. The lowest BCUT2D eigenvalue weighted by atomic mass is 10.1. The fourth-order valence-corrected chi connectivity index (χ4v) is 2.19. The van der Waals surface area contributed by atoms with E-state index in [9.17, 15) is 10.1 Å². The summed E-state index contributed by atoms with van der Waals surface area (Å²) >= 11 is 3.35. The Balaban J connectivity index is 2.12. The third kappa shape index (κ3) is 4.44. The first-order valence-corrected chi connectivity index (χ1v) is 7.80. The Morgan fingerprint density at radius 2 is 1.87 bits per heavy atom. The lowest BCUT2D eigenvalue weighted by Gasteiger charge is -2.10. The molecule has 2 aromatic rings. The van der Waals surface area contributed by atoms with Crippen LogP contribution in [0.4, 0.5) is 11.4 Å². The smallest absolute Gasteiger partial charge is 0.267 e. The highest BCUT2D eigenvalue weighted by Crippen LogP contribution is 2.19. The zero-order valence-corrected chi connectivity index (χ0v) is 14.4. The molecule has 0 unspecified atom stereocenters. The van der Waals surface area contributed by atoms with E-state index in [1.54, 1.807) is 0 Å². The average molecular weight is 370 g/mol. The van der Waals surface area contributed by atoms with Crippen molar-refractivity contribution in [2.75, 3.05) is 10.6 Å². The van der Waals surface area contributed by atoms with Crippen LogP contribution in [0.3, 0.4) is 0 Å². The van der Waals surface area contributed by atoms with Gasteiger partial charge in [0.2, 0.25) is 0 Å². The SMILES string of the molecule is Cc1cccc(NC(=O)/C(C#N)=C\Nc2ccc(Br)cc2)c1C. The van der Waals surface area contributed by atoms with Crippen LogP contribution in [-0.4, -0.2) is 5.91 Å². The molecule has 23 heavy (non-hydrogen) atoms. The zero-order chi connectivity index (χ0) is 16.8. The minimum absolute atomic E-state index is 0.00817. The highest BCUT2D eigenvalue weighted by molar-refractivity contribution is 9.10. The lowest BCUT2D eigenvalue weighted by molar-refractivity contribution is -0.112. The zero-order valence-electron chi connectivity index (χ0n) is 12.9. The van der Waals surface area contributed by atoms with Crippen molar-refractivity contribution in [2.24, 2.45) is 0 Å². The van der Waals surface area contributed by atoms with E-state index in [4.69, 9.17) is 0 Å². The Kier molecular flexibility index (Phi) is 5.56. The normalized spacial score (nSPS) is 10.8. The molecule has 116 valence electrons. The van der Waals surface area contributed by atoms with Crippen LogP contribution < -0.4 is 10.6 Å². The first-order valence-electron chi connectivity index (χ1n) is 7.01. The Morgan fingerprint density at radius 3 is 2.52 bits per heavy atom. The molecule has 4 nitrogen and oxygen atoms in total. The van der Waals surface area contributed by atoms with Gasteiger partial charge in [0.05, 0.1) is 0 Å². The maximum absolute atomic E-state index is 12.2. The van der Waals surface area contributed by atoms with Gasteiger partial charge < -0.3 is 10.6 Å². The molecule has 0 saturated heterocycles. The number of hydrogen-bond donors (Lipinski definition) is 2. The fourth-order valence-electron chi connectivity index (χ4n) is 1.93. The van der Waals surface area contributed by atoms with E-state index in [2.05, 4.69) is 26.6 Å². The van der Waals surface area contributed by atoms with Crippen LogP contribution >= 0.6 is 15.9 Å². The highest BCUT2D eigenvalue weighted by Gasteiger charge is 2.11. The molecule has 0 fully saturated rings. The Labute approximate surface area is 144 Å². The maximum Gasteiger partial charge on any atom is 0.267 e. The molecule has 0 aliphatic rings. The van der Waals surface area contributed by atoms with Crippen LogP contribution in [0.25, 0.3) is 0 Å². The van der Waals surface area contributed by atoms with Crippen molar-refractivity contribution < 1.29 is 4.79 Å². The Morgan fingerprint density at radius 1 is 1.17 bits per heavy atom. The van der Waals surface area contributed by atoms with Gasteiger partial charge in [-0.3, -0.25) is 4.79 Å². The van der Waals surface area contributed by atoms with Gasteiger partial charge in [0, 0.05) is 22.0 Å². The van der Waals surface area contributed by atoms with Crippen molar-refractivity contribution >= 4 is 33.2 Å². The quantitative estimate of drug-likeness (QED) is 0.614. The largest absolute Gasteiger partial charge is 0.360 e. The number of aryl methyl sites for hydroxylation is 1. The van der Waals surface area contributed by atoms with E-state index in [0.717, 1.165) is 21.3 Å². The van der Waals surface area contributed by atoms with Crippen molar-refractivity contribution in [1.82, 2.24) is 0 Å². The fraction of sp³-hybridized carbons (Fsp3) is 0.111. The summed E-state index contributed by atoms with van der Waals surface area (Å²) < 4.78 is 0.959. The summed E-state index contributed by atoms with van der Waals surface area (Å²) in [6.45, 7) is 3.90. The predicted molar refractivity (Wildman–Crippen MR) is 96.0 cm³/mol. The number of nitrogens with zero attached hydrogens (tertiary/aromatic N) is 1. The van der Waals surface area contributed by atoms with Crippen molar-refractivity contribution in [1.29, 1.82) is 5.26 Å². The van der Waals surface area contributed by atoms with E-state index in [-0.39, 0.29) is 5.57 Å². The second-order valence-corrected chi connectivity index (χ2v) is 5.94. The van der Waals surface area contributed by atoms with Gasteiger partial charge in [0.1, 0.15) is 11.6 Å². The topological polar surface area (TPSA) is 64.9 Å². The lowest BCUT2D eigenvalue weighted by Crippen LogP contribution is -2.15. The van der Waals surface area contributed by atoms with Crippen LogP contribution in [0.5, 0.6) is 0 Å². The van der Waals surface area contributed by atoms with Crippen molar-refractivity contribution in [3.63, 3.8) is 0 Å². The molecule has 1 amide bonds. The van der Waals surface area contributed by atoms with Crippen molar-refractivity contribution in [2.45, 2.75) is 13.8 Å². The van der Waals surface area contributed by atoms with Gasteiger partial charge in [-0.25, -0.2) is 0 Å². The van der Waals surface area contributed by atoms with Gasteiger partial charge in [-0.15, -0.1) is 0 Å². The third-order valence-corrected chi connectivity index (χ3v) is 3.97. The number of rotatable bonds is 4. The summed E-state index contributed by atoms with van der Waals surface area (Å²) in [6.07, 6.45) is 1.41. The molecule has 5 heteroatoms. The molecule has 0 bridgehead atoms. The molecule has 2 N–H and O–H groups in total. The minimum atomic E-state index is -0.439. The number of nitrogens with one attached hydrogen (secondary N) is 2. The maximum atomic E-state index is 12.2. The number of amides is 1. The molecule has 2 aromatic carbocycles. The van der Waals surface area contributed by atoms with Gasteiger partial charge in [-0.05, 0) is 55.3 Å². The van der Waals surface area contributed by atoms with Crippen LogP contribution in [0, 0.1) is 25.2 Å². The van der Waals surface area contributed by atoms with E-state index in [1.807, 2.05) is 62.4 Å². The van der Waals surface area contributed by atoms with Gasteiger partial charge in [-0.1, -0.05) is 28.1 Å². The molecule has 0 saturated carbocycles. The first kappa shape index (κ1) is 16.8. The van der Waals surface area contributed by atoms with Crippen LogP contribution in [0.15, 0.2) is 58.7 Å². The van der Waals surface area contributed by atoms with Gasteiger partial charge in [0.25, 0.3) is 5.91 Å². The standard InChI is InChI=1S/C18H16BrN3O/c1-12-4-3-5-17(13(12)2)22-18(23)14(10-20)11-21-16-8-6-15(19)7-9-16/h3-9,11,21H,1-2H3,(H,22,23)/b14-11-. The number of anilines is 2. The number of nitriles is 1. The van der Waals surface area contributed by atoms with E-state index >= 15 is 0 Å². The summed E-state index contributed by atoms with van der Waals surface area (Å²) in [7, 11) is 0. The highest BCUT2D eigenvalue weighted by atomic mass is 79.9. The second kappa shape index (κ2) is 7.61. The van der Waals surface area contributed by atoms with Crippen molar-refractivity contribution in [3.05, 3.63) is 69.8 Å². The summed E-state index contributed by atoms with van der Waals surface area (Å²) in [6, 6.07) is 15.0. The Hall–Kier alpha value is -2.58. The van der Waals surface area contributed by atoms with Crippen LogP contribution in [0.2, 0.25) is 0 Å². The Bertz CT molecular complexity index is 789.